The van der Waals surface area contributed by atoms with Gasteiger partial charge in [0, 0.05) is 7.05 Å². The molecule has 0 aromatic carbocycles. The second-order valence-corrected chi connectivity index (χ2v) is 4.17. The highest BCUT2D eigenvalue weighted by molar-refractivity contribution is 5.88. The van der Waals surface area contributed by atoms with Gasteiger partial charge in [0.2, 0.25) is 5.91 Å². The molecule has 64 valence electrons. The highest BCUT2D eigenvalue weighted by Gasteiger charge is 2.47. The van der Waals surface area contributed by atoms with E-state index < -0.39 is 5.54 Å². The minimum Gasteiger partial charge on any atom is -0.326 e. The van der Waals surface area contributed by atoms with Crippen LogP contribution in [0.25, 0.3) is 0 Å². The normalized spacial score (nSPS) is 27.7. The van der Waals surface area contributed by atoms with Crippen LogP contribution in [0.3, 0.4) is 0 Å². The molecular weight excluding hydrogens is 140 g/mol. The Morgan fingerprint density at radius 3 is 1.82 bits per heavy atom. The van der Waals surface area contributed by atoms with Crippen molar-refractivity contribution in [2.75, 3.05) is 7.05 Å². The van der Waals surface area contributed by atoms with Crippen LogP contribution < -0.4 is 5.32 Å². The summed E-state index contributed by atoms with van der Waals surface area (Å²) < 4.78 is 0. The van der Waals surface area contributed by atoms with E-state index in [9.17, 15) is 4.79 Å². The first kappa shape index (κ1) is 8.53. The molecular formula is C8H16N2O. The summed E-state index contributed by atoms with van der Waals surface area (Å²) in [5, 5.41) is 3.25. The third kappa shape index (κ3) is 1.13. The van der Waals surface area contributed by atoms with Gasteiger partial charge in [-0.05, 0) is 27.7 Å². The topological polar surface area (TPSA) is 32.3 Å². The highest BCUT2D eigenvalue weighted by Crippen LogP contribution is 2.25. The molecule has 0 radical (unpaired) electrons. The molecule has 1 aliphatic rings. The fourth-order valence-corrected chi connectivity index (χ4v) is 1.58. The van der Waals surface area contributed by atoms with E-state index in [1.54, 1.807) is 4.90 Å². The third-order valence-corrected chi connectivity index (χ3v) is 2.30. The van der Waals surface area contributed by atoms with Crippen molar-refractivity contribution in [3.8, 4) is 0 Å². The first-order chi connectivity index (χ1) is 4.77. The molecule has 0 unspecified atom stereocenters. The van der Waals surface area contributed by atoms with E-state index in [0.29, 0.717) is 0 Å². The van der Waals surface area contributed by atoms with Crippen molar-refractivity contribution in [2.45, 2.75) is 38.9 Å². The Labute approximate surface area is 67.8 Å². The van der Waals surface area contributed by atoms with Crippen LogP contribution in [0.4, 0.5) is 0 Å². The number of carbonyl (C=O) groups is 1. The second kappa shape index (κ2) is 1.97. The number of carbonyl (C=O) groups excluding carboxylic acids is 1. The molecule has 1 saturated heterocycles. The van der Waals surface area contributed by atoms with Gasteiger partial charge >= 0.3 is 0 Å². The summed E-state index contributed by atoms with van der Waals surface area (Å²) in [5.74, 6) is 0.155. The standard InChI is InChI=1S/C8H16N2O/c1-7(2)6(11)10(5)8(3,4)9-7/h9H,1-5H3. The van der Waals surface area contributed by atoms with Crippen LogP contribution in [0.15, 0.2) is 0 Å². The SMILES string of the molecule is CN1C(=O)C(C)(C)NC1(C)C. The number of rotatable bonds is 0. The molecule has 0 aromatic rings. The number of nitrogens with one attached hydrogen (secondary N) is 1. The van der Waals surface area contributed by atoms with Crippen LogP contribution >= 0.6 is 0 Å². The van der Waals surface area contributed by atoms with Crippen LogP contribution in [0.2, 0.25) is 0 Å². The van der Waals surface area contributed by atoms with Crippen LogP contribution in [-0.4, -0.2) is 29.1 Å². The zero-order valence-electron chi connectivity index (χ0n) is 7.86. The lowest BCUT2D eigenvalue weighted by molar-refractivity contribution is -0.132. The summed E-state index contributed by atoms with van der Waals surface area (Å²) in [6.07, 6.45) is 0. The third-order valence-electron chi connectivity index (χ3n) is 2.30. The number of hydrogen-bond acceptors (Lipinski definition) is 2. The molecule has 1 rings (SSSR count). The minimum absolute atomic E-state index is 0.155. The summed E-state index contributed by atoms with van der Waals surface area (Å²) in [6, 6.07) is 0. The predicted molar refractivity (Wildman–Crippen MR) is 44.1 cm³/mol. The molecule has 3 heteroatoms. The Hall–Kier alpha value is -0.570. The quantitative estimate of drug-likeness (QED) is 0.556. The van der Waals surface area contributed by atoms with Gasteiger partial charge in [0.15, 0.2) is 0 Å². The van der Waals surface area contributed by atoms with Crippen molar-refractivity contribution in [1.29, 1.82) is 0 Å². The lowest BCUT2D eigenvalue weighted by Gasteiger charge is -2.27. The van der Waals surface area contributed by atoms with Gasteiger partial charge in [-0.3, -0.25) is 10.1 Å². The fourth-order valence-electron chi connectivity index (χ4n) is 1.58. The van der Waals surface area contributed by atoms with E-state index in [1.165, 1.54) is 0 Å². The van der Waals surface area contributed by atoms with Gasteiger partial charge in [0.05, 0.1) is 11.2 Å². The lowest BCUT2D eigenvalue weighted by atomic mass is 10.1. The molecule has 1 fully saturated rings. The van der Waals surface area contributed by atoms with Crippen LogP contribution in [-0.2, 0) is 4.79 Å². The number of amides is 1. The van der Waals surface area contributed by atoms with Crippen LogP contribution in [0.1, 0.15) is 27.7 Å². The Kier molecular flexibility index (Phi) is 1.53. The Morgan fingerprint density at radius 1 is 1.27 bits per heavy atom. The van der Waals surface area contributed by atoms with Gasteiger partial charge in [-0.15, -0.1) is 0 Å². The molecule has 0 saturated carbocycles. The fraction of sp³-hybridized carbons (Fsp3) is 0.875. The first-order valence-corrected chi connectivity index (χ1v) is 3.85. The molecule has 11 heavy (non-hydrogen) atoms. The van der Waals surface area contributed by atoms with E-state index in [4.69, 9.17) is 0 Å². The van der Waals surface area contributed by atoms with E-state index >= 15 is 0 Å². The maximum atomic E-state index is 11.5. The first-order valence-electron chi connectivity index (χ1n) is 3.85. The van der Waals surface area contributed by atoms with Gasteiger partial charge in [0.25, 0.3) is 0 Å². The maximum Gasteiger partial charge on any atom is 0.243 e. The van der Waals surface area contributed by atoms with Crippen molar-refractivity contribution in [2.24, 2.45) is 0 Å². The van der Waals surface area contributed by atoms with E-state index in [0.717, 1.165) is 0 Å². The van der Waals surface area contributed by atoms with Crippen molar-refractivity contribution >= 4 is 5.91 Å². The largest absolute Gasteiger partial charge is 0.326 e. The zero-order chi connectivity index (χ0) is 8.86. The molecule has 1 aliphatic heterocycles. The maximum absolute atomic E-state index is 11.5. The summed E-state index contributed by atoms with van der Waals surface area (Å²) in [4.78, 5) is 13.2. The molecule has 0 bridgehead atoms. The van der Waals surface area contributed by atoms with Gasteiger partial charge in [0.1, 0.15) is 0 Å². The molecule has 1 amide bonds. The van der Waals surface area contributed by atoms with Crippen LogP contribution in [0, 0.1) is 0 Å². The minimum atomic E-state index is -0.405. The summed E-state index contributed by atoms with van der Waals surface area (Å²) in [6.45, 7) is 7.81. The summed E-state index contributed by atoms with van der Waals surface area (Å²) in [5.41, 5.74) is -0.612. The number of nitrogens with zero attached hydrogens (tertiary/aromatic N) is 1. The van der Waals surface area contributed by atoms with Crippen molar-refractivity contribution in [3.05, 3.63) is 0 Å². The summed E-state index contributed by atoms with van der Waals surface area (Å²) >= 11 is 0. The number of likely N-dealkylation sites (N-methyl/N-ethyl adjacent to an activating group) is 1. The van der Waals surface area contributed by atoms with Gasteiger partial charge < -0.3 is 4.90 Å². The predicted octanol–water partition coefficient (Wildman–Crippen LogP) is 0.563. The molecule has 0 spiro atoms. The lowest BCUT2D eigenvalue weighted by Crippen LogP contribution is -2.47. The highest BCUT2D eigenvalue weighted by atomic mass is 16.2. The van der Waals surface area contributed by atoms with Gasteiger partial charge in [-0.2, -0.15) is 0 Å². The van der Waals surface area contributed by atoms with Crippen molar-refractivity contribution in [1.82, 2.24) is 10.2 Å². The molecule has 3 nitrogen and oxygen atoms in total. The van der Waals surface area contributed by atoms with Crippen molar-refractivity contribution in [3.63, 3.8) is 0 Å². The van der Waals surface area contributed by atoms with E-state index in [1.807, 2.05) is 34.7 Å². The number of hydrogen-bond donors (Lipinski definition) is 1. The molecule has 0 aliphatic carbocycles. The molecule has 0 atom stereocenters. The summed E-state index contributed by atoms with van der Waals surface area (Å²) in [7, 11) is 1.82. The van der Waals surface area contributed by atoms with E-state index in [2.05, 4.69) is 5.32 Å². The molecule has 1 heterocycles. The van der Waals surface area contributed by atoms with Gasteiger partial charge in [-0.25, -0.2) is 0 Å². The van der Waals surface area contributed by atoms with Gasteiger partial charge in [-0.1, -0.05) is 0 Å². The van der Waals surface area contributed by atoms with Crippen molar-refractivity contribution < 1.29 is 4.79 Å². The Morgan fingerprint density at radius 2 is 1.73 bits per heavy atom. The average Bonchev–Trinajstić information content (AvgIpc) is 1.91. The Balaban J connectivity index is 2.96. The second-order valence-electron chi connectivity index (χ2n) is 4.17. The smallest absolute Gasteiger partial charge is 0.243 e. The molecule has 1 N–H and O–H groups in total. The monoisotopic (exact) mass is 156 g/mol. The average molecular weight is 156 g/mol. The Bertz CT molecular complexity index is 196. The zero-order valence-corrected chi connectivity index (χ0v) is 7.86. The molecule has 0 aromatic heterocycles. The van der Waals surface area contributed by atoms with Crippen LogP contribution in [0.5, 0.6) is 0 Å². The van der Waals surface area contributed by atoms with E-state index in [-0.39, 0.29) is 11.6 Å².